The summed E-state index contributed by atoms with van der Waals surface area (Å²) in [7, 11) is 3.74. The predicted octanol–water partition coefficient (Wildman–Crippen LogP) is 7.67. The molecule has 2 heteroatoms. The van der Waals surface area contributed by atoms with E-state index in [0.29, 0.717) is 22.9 Å². The molecule has 3 fully saturated rings. The van der Waals surface area contributed by atoms with E-state index in [9.17, 15) is 0 Å². The largest absolute Gasteiger partial charge is 0.384 e. The summed E-state index contributed by atoms with van der Waals surface area (Å²) in [5.74, 6) is 5.35. The van der Waals surface area contributed by atoms with E-state index in [-0.39, 0.29) is 0 Å². The van der Waals surface area contributed by atoms with Crippen molar-refractivity contribution in [1.82, 2.24) is 0 Å². The third-order valence-electron chi connectivity index (χ3n) is 11.0. The summed E-state index contributed by atoms with van der Waals surface area (Å²) in [4.78, 5) is 0. The molecule has 31 heavy (non-hydrogen) atoms. The zero-order valence-electron chi connectivity index (χ0n) is 21.4. The van der Waals surface area contributed by atoms with Crippen LogP contribution < -0.4 is 0 Å². The van der Waals surface area contributed by atoms with Crippen LogP contribution in [0.4, 0.5) is 0 Å². The fraction of sp³-hybridized carbons (Fsp3) is 0.931. The molecule has 0 saturated heterocycles. The smallest absolute Gasteiger partial charge is 0.0608 e. The van der Waals surface area contributed by atoms with Gasteiger partial charge in [-0.3, -0.25) is 0 Å². The molecule has 3 saturated carbocycles. The average Bonchev–Trinajstić information content (AvgIpc) is 3.10. The molecule has 0 unspecified atom stereocenters. The number of fused-ring (bicyclic) bond motifs is 5. The number of hydrogen-bond acceptors (Lipinski definition) is 2. The Morgan fingerprint density at radius 3 is 2.55 bits per heavy atom. The van der Waals surface area contributed by atoms with Gasteiger partial charge in [0.25, 0.3) is 0 Å². The Morgan fingerprint density at radius 2 is 1.81 bits per heavy atom. The topological polar surface area (TPSA) is 18.5 Å². The third kappa shape index (κ3) is 4.30. The number of allylic oxidation sites excluding steroid dienone is 1. The van der Waals surface area contributed by atoms with Crippen molar-refractivity contribution >= 4 is 0 Å². The van der Waals surface area contributed by atoms with Crippen molar-refractivity contribution in [2.24, 2.45) is 46.3 Å². The highest BCUT2D eigenvalue weighted by Gasteiger charge is 2.59. The van der Waals surface area contributed by atoms with Crippen LogP contribution in [-0.2, 0) is 9.47 Å². The predicted molar refractivity (Wildman–Crippen MR) is 130 cm³/mol. The number of hydrogen-bond donors (Lipinski definition) is 0. The van der Waals surface area contributed by atoms with Crippen LogP contribution in [0.15, 0.2) is 11.6 Å². The second kappa shape index (κ2) is 9.49. The highest BCUT2D eigenvalue weighted by molar-refractivity contribution is 5.25. The highest BCUT2D eigenvalue weighted by Crippen LogP contribution is 2.67. The standard InChI is InChI=1S/C29H50O2/c1-20(19-30-5)8-7-9-21(2)25-12-13-26-24-11-10-22-18-23(31-6)14-16-28(22,3)27(24)15-17-29(25,26)4/h10,20-21,23-27H,7-9,11-19H2,1-6H3/t20-,21-,23+,24+,25-,26+,27+,28+,29-/m1/s1. The zero-order valence-corrected chi connectivity index (χ0v) is 21.4. The first-order valence-electron chi connectivity index (χ1n) is 13.5. The quantitative estimate of drug-likeness (QED) is 0.368. The van der Waals surface area contributed by atoms with Gasteiger partial charge in [-0.15, -0.1) is 0 Å². The van der Waals surface area contributed by atoms with Gasteiger partial charge >= 0.3 is 0 Å². The summed E-state index contributed by atoms with van der Waals surface area (Å²) in [6.07, 6.45) is 18.3. The number of ether oxygens (including phenoxy) is 2. The lowest BCUT2D eigenvalue weighted by Crippen LogP contribution is -2.50. The molecule has 4 aliphatic rings. The molecule has 0 aromatic rings. The van der Waals surface area contributed by atoms with Gasteiger partial charge in [0.05, 0.1) is 6.10 Å². The summed E-state index contributed by atoms with van der Waals surface area (Å²) in [6, 6.07) is 0. The van der Waals surface area contributed by atoms with Crippen LogP contribution in [0, 0.1) is 46.3 Å². The molecule has 0 amide bonds. The Hall–Kier alpha value is -0.340. The summed E-state index contributed by atoms with van der Waals surface area (Å²) < 4.78 is 11.1. The lowest BCUT2D eigenvalue weighted by Gasteiger charge is -2.58. The zero-order chi connectivity index (χ0) is 22.2. The van der Waals surface area contributed by atoms with Gasteiger partial charge in [-0.2, -0.15) is 0 Å². The highest BCUT2D eigenvalue weighted by atomic mass is 16.5. The van der Waals surface area contributed by atoms with Gasteiger partial charge in [-0.05, 0) is 104 Å². The number of rotatable bonds is 8. The molecule has 178 valence electrons. The molecule has 2 nitrogen and oxygen atoms in total. The van der Waals surface area contributed by atoms with Crippen molar-refractivity contribution in [2.45, 2.75) is 104 Å². The van der Waals surface area contributed by atoms with Gasteiger partial charge in [-0.1, -0.05) is 52.2 Å². The van der Waals surface area contributed by atoms with E-state index in [1.165, 1.54) is 70.6 Å². The van der Waals surface area contributed by atoms with Gasteiger partial charge in [0.1, 0.15) is 0 Å². The fourth-order valence-corrected chi connectivity index (χ4v) is 9.16. The van der Waals surface area contributed by atoms with E-state index in [2.05, 4.69) is 33.8 Å². The maximum absolute atomic E-state index is 5.76. The minimum Gasteiger partial charge on any atom is -0.384 e. The second-order valence-electron chi connectivity index (χ2n) is 12.6. The lowest BCUT2D eigenvalue weighted by atomic mass is 9.47. The van der Waals surface area contributed by atoms with Crippen molar-refractivity contribution in [2.75, 3.05) is 20.8 Å². The van der Waals surface area contributed by atoms with E-state index < -0.39 is 0 Å². The molecule has 0 radical (unpaired) electrons. The van der Waals surface area contributed by atoms with Crippen LogP contribution in [0.25, 0.3) is 0 Å². The van der Waals surface area contributed by atoms with Crippen LogP contribution in [-0.4, -0.2) is 26.9 Å². The van der Waals surface area contributed by atoms with E-state index in [1.807, 2.05) is 14.2 Å². The molecule has 0 heterocycles. The monoisotopic (exact) mass is 430 g/mol. The molecule has 0 aromatic heterocycles. The van der Waals surface area contributed by atoms with Crippen LogP contribution >= 0.6 is 0 Å². The van der Waals surface area contributed by atoms with E-state index in [0.717, 1.165) is 36.2 Å². The maximum atomic E-state index is 5.76. The van der Waals surface area contributed by atoms with Crippen LogP contribution in [0.1, 0.15) is 98.3 Å². The van der Waals surface area contributed by atoms with Gasteiger partial charge in [0.2, 0.25) is 0 Å². The summed E-state index contributed by atoms with van der Waals surface area (Å²) >= 11 is 0. The third-order valence-corrected chi connectivity index (χ3v) is 11.0. The van der Waals surface area contributed by atoms with Crippen molar-refractivity contribution < 1.29 is 9.47 Å². The molecule has 0 aliphatic heterocycles. The maximum Gasteiger partial charge on any atom is 0.0608 e. The van der Waals surface area contributed by atoms with E-state index in [4.69, 9.17) is 9.47 Å². The number of methoxy groups -OCH3 is 2. The first-order chi connectivity index (χ1) is 14.8. The Kier molecular flexibility index (Phi) is 7.29. The molecule has 4 aliphatic carbocycles. The van der Waals surface area contributed by atoms with Crippen molar-refractivity contribution in [3.63, 3.8) is 0 Å². The first-order valence-corrected chi connectivity index (χ1v) is 13.5. The van der Waals surface area contributed by atoms with Crippen molar-refractivity contribution in [3.8, 4) is 0 Å². The Balaban J connectivity index is 1.42. The van der Waals surface area contributed by atoms with Crippen LogP contribution in [0.2, 0.25) is 0 Å². The van der Waals surface area contributed by atoms with Gasteiger partial charge < -0.3 is 9.47 Å². The van der Waals surface area contributed by atoms with Crippen LogP contribution in [0.5, 0.6) is 0 Å². The van der Waals surface area contributed by atoms with Gasteiger partial charge in [0.15, 0.2) is 0 Å². The Morgan fingerprint density at radius 1 is 1.00 bits per heavy atom. The minimum atomic E-state index is 0.459. The normalized spacial score (nSPS) is 44.1. The van der Waals surface area contributed by atoms with Crippen LogP contribution in [0.3, 0.4) is 0 Å². The fourth-order valence-electron chi connectivity index (χ4n) is 9.16. The molecule has 0 bridgehead atoms. The summed E-state index contributed by atoms with van der Waals surface area (Å²) in [6.45, 7) is 11.2. The first kappa shape index (κ1) is 23.8. The molecule has 0 spiro atoms. The molecule has 9 atom stereocenters. The molecular formula is C29H50O2. The SMILES string of the molecule is COC[C@H](C)CCC[C@@H](C)[C@H]1CC[C@H]2[C@@H]3CC=C4C[C@@H](OC)CC[C@]4(C)[C@H]3CC[C@]12C. The average molecular weight is 431 g/mol. The molecule has 0 aromatic carbocycles. The minimum absolute atomic E-state index is 0.459. The summed E-state index contributed by atoms with van der Waals surface area (Å²) in [5.41, 5.74) is 2.80. The van der Waals surface area contributed by atoms with Gasteiger partial charge in [0, 0.05) is 20.8 Å². The molecule has 4 rings (SSSR count). The van der Waals surface area contributed by atoms with E-state index in [1.54, 1.807) is 5.57 Å². The summed E-state index contributed by atoms with van der Waals surface area (Å²) in [5, 5.41) is 0. The van der Waals surface area contributed by atoms with E-state index >= 15 is 0 Å². The van der Waals surface area contributed by atoms with Crippen molar-refractivity contribution in [1.29, 1.82) is 0 Å². The van der Waals surface area contributed by atoms with Gasteiger partial charge in [-0.25, -0.2) is 0 Å². The Bertz CT molecular complexity index is 641. The second-order valence-corrected chi connectivity index (χ2v) is 12.6. The molecule has 0 N–H and O–H groups in total. The molecular weight excluding hydrogens is 380 g/mol. The lowest BCUT2D eigenvalue weighted by molar-refractivity contribution is -0.0602. The Labute approximate surface area is 192 Å². The van der Waals surface area contributed by atoms with Crippen molar-refractivity contribution in [3.05, 3.63) is 11.6 Å².